The van der Waals surface area contributed by atoms with Gasteiger partial charge in [-0.1, -0.05) is 18.2 Å². The Balaban J connectivity index is 2.18. The highest BCUT2D eigenvalue weighted by Gasteiger charge is 2.16. The summed E-state index contributed by atoms with van der Waals surface area (Å²) < 4.78 is 5.90. The molecule has 3 rings (SSSR count). The van der Waals surface area contributed by atoms with Crippen LogP contribution in [0.2, 0.25) is 0 Å². The van der Waals surface area contributed by atoms with Crippen LogP contribution < -0.4 is 11.1 Å². The second-order valence-corrected chi connectivity index (χ2v) is 6.48. The molecular weight excluding hydrogens is 366 g/mol. The van der Waals surface area contributed by atoms with Crippen LogP contribution in [0.15, 0.2) is 44.9 Å². The largest absolute Gasteiger partial charge is 0.494 e. The van der Waals surface area contributed by atoms with Crippen molar-refractivity contribution in [2.24, 2.45) is 26.1 Å². The number of benzene rings is 1. The van der Waals surface area contributed by atoms with Crippen LogP contribution in [-0.4, -0.2) is 29.8 Å². The molecule has 1 aromatic carbocycles. The first kappa shape index (κ1) is 18.6. The minimum absolute atomic E-state index is 0.0393. The van der Waals surface area contributed by atoms with Gasteiger partial charge in [0.1, 0.15) is 5.56 Å². The van der Waals surface area contributed by atoms with Crippen LogP contribution in [0.25, 0.3) is 5.69 Å². The van der Waals surface area contributed by atoms with Crippen molar-refractivity contribution in [3.8, 4) is 11.6 Å². The Morgan fingerprint density at radius 3 is 2.30 bits per heavy atom. The van der Waals surface area contributed by atoms with Gasteiger partial charge in [-0.15, -0.1) is 0 Å². The number of aromatic nitrogens is 4. The smallest absolute Gasteiger partial charge is 0.297 e. The maximum atomic E-state index is 12.9. The van der Waals surface area contributed by atoms with Crippen molar-refractivity contribution in [2.75, 3.05) is 0 Å². The fourth-order valence-electron chi connectivity index (χ4n) is 2.80. The number of rotatable bonds is 3. The third-order valence-electron chi connectivity index (χ3n) is 4.51. The quantitative estimate of drug-likeness (QED) is 0.549. The number of hydrogen-bond donors (Lipinski definition) is 1. The Hall–Kier alpha value is -3.20. The lowest BCUT2D eigenvalue weighted by atomic mass is 10.3. The minimum Gasteiger partial charge on any atom is -0.494 e. The van der Waals surface area contributed by atoms with Crippen LogP contribution in [0.1, 0.15) is 11.3 Å². The van der Waals surface area contributed by atoms with Crippen LogP contribution in [-0.2, 0) is 21.1 Å². The van der Waals surface area contributed by atoms with E-state index in [0.717, 1.165) is 0 Å². The number of hydrogen-bond acceptors (Lipinski definition) is 5. The van der Waals surface area contributed by atoms with Gasteiger partial charge in [-0.2, -0.15) is 0 Å². The van der Waals surface area contributed by atoms with Gasteiger partial charge in [0.05, 0.1) is 11.4 Å². The van der Waals surface area contributed by atoms with Crippen LogP contribution in [0.3, 0.4) is 0 Å². The molecule has 0 spiro atoms. The second-order valence-electron chi connectivity index (χ2n) is 6.11. The molecule has 0 aliphatic heterocycles. The SMILES string of the molecule is Cc1c(N=Cc2c(O)n(C)c(=S)n(C)c2=O)c(=O)n(-c2ccccc2)n1C. The molecule has 0 saturated heterocycles. The van der Waals surface area contributed by atoms with Gasteiger partial charge >= 0.3 is 0 Å². The van der Waals surface area contributed by atoms with Crippen LogP contribution in [0.5, 0.6) is 5.88 Å². The molecular formula is C18H19N5O3S. The normalized spacial score (nSPS) is 11.4. The zero-order chi connectivity index (χ0) is 19.9. The molecule has 0 fully saturated rings. The average Bonchev–Trinajstić information content (AvgIpc) is 2.88. The van der Waals surface area contributed by atoms with E-state index in [2.05, 4.69) is 4.99 Å². The van der Waals surface area contributed by atoms with E-state index < -0.39 is 5.56 Å². The number of aromatic hydroxyl groups is 1. The first-order valence-corrected chi connectivity index (χ1v) is 8.53. The molecule has 140 valence electrons. The molecule has 27 heavy (non-hydrogen) atoms. The van der Waals surface area contributed by atoms with Crippen molar-refractivity contribution < 1.29 is 5.11 Å². The fourth-order valence-corrected chi connectivity index (χ4v) is 2.97. The van der Waals surface area contributed by atoms with Crippen molar-refractivity contribution in [3.05, 3.63) is 67.1 Å². The molecule has 0 bridgehead atoms. The summed E-state index contributed by atoms with van der Waals surface area (Å²) in [7, 11) is 4.81. The first-order valence-electron chi connectivity index (χ1n) is 8.12. The lowest BCUT2D eigenvalue weighted by Gasteiger charge is -2.08. The summed E-state index contributed by atoms with van der Waals surface area (Å²) in [5.74, 6) is -0.302. The standard InChI is InChI=1S/C18H19N5O3S/c1-11-14(17(26)23(22(11)4)12-8-6-5-7-9-12)19-10-13-15(24)20(2)18(27)21(3)16(13)25/h5-10,24H,1-4H3. The van der Waals surface area contributed by atoms with E-state index >= 15 is 0 Å². The van der Waals surface area contributed by atoms with Crippen LogP contribution in [0, 0.1) is 11.7 Å². The minimum atomic E-state index is -0.490. The van der Waals surface area contributed by atoms with E-state index in [4.69, 9.17) is 12.2 Å². The van der Waals surface area contributed by atoms with Crippen molar-refractivity contribution >= 4 is 24.1 Å². The van der Waals surface area contributed by atoms with Crippen LogP contribution >= 0.6 is 12.2 Å². The monoisotopic (exact) mass is 385 g/mol. The summed E-state index contributed by atoms with van der Waals surface area (Å²) in [5.41, 5.74) is 0.667. The molecule has 0 unspecified atom stereocenters. The third-order valence-corrected chi connectivity index (χ3v) is 5.06. The van der Waals surface area contributed by atoms with E-state index in [-0.39, 0.29) is 27.5 Å². The van der Waals surface area contributed by atoms with Gasteiger partial charge in [-0.25, -0.2) is 9.67 Å². The van der Waals surface area contributed by atoms with Gasteiger partial charge < -0.3 is 5.11 Å². The maximum absolute atomic E-state index is 12.9. The summed E-state index contributed by atoms with van der Waals surface area (Å²) in [6.45, 7) is 1.76. The van der Waals surface area contributed by atoms with E-state index in [9.17, 15) is 14.7 Å². The van der Waals surface area contributed by atoms with E-state index in [1.165, 1.54) is 27.1 Å². The summed E-state index contributed by atoms with van der Waals surface area (Å²) in [6.07, 6.45) is 1.20. The topological polar surface area (TPSA) is 86.5 Å². The Morgan fingerprint density at radius 2 is 1.67 bits per heavy atom. The van der Waals surface area contributed by atoms with Crippen molar-refractivity contribution in [1.29, 1.82) is 0 Å². The van der Waals surface area contributed by atoms with Gasteiger partial charge in [-0.3, -0.25) is 23.4 Å². The average molecular weight is 385 g/mol. The highest BCUT2D eigenvalue weighted by Crippen LogP contribution is 2.17. The highest BCUT2D eigenvalue weighted by atomic mass is 32.1. The van der Waals surface area contributed by atoms with E-state index in [0.29, 0.717) is 11.4 Å². The molecule has 0 aliphatic carbocycles. The summed E-state index contributed by atoms with van der Waals surface area (Å²) in [6, 6.07) is 9.18. The van der Waals surface area contributed by atoms with Gasteiger partial charge in [0.15, 0.2) is 10.5 Å². The molecule has 3 aromatic rings. The molecule has 2 heterocycles. The highest BCUT2D eigenvalue weighted by molar-refractivity contribution is 7.71. The Labute approximate surface area is 159 Å². The summed E-state index contributed by atoms with van der Waals surface area (Å²) in [4.78, 5) is 29.5. The lowest BCUT2D eigenvalue weighted by Crippen LogP contribution is -2.25. The molecule has 0 aliphatic rings. The van der Waals surface area contributed by atoms with Crippen molar-refractivity contribution in [3.63, 3.8) is 0 Å². The van der Waals surface area contributed by atoms with Crippen LogP contribution in [0.4, 0.5) is 5.69 Å². The molecule has 1 N–H and O–H groups in total. The fraction of sp³-hybridized carbons (Fsp3) is 0.222. The zero-order valence-corrected chi connectivity index (χ0v) is 16.2. The molecule has 9 heteroatoms. The maximum Gasteiger partial charge on any atom is 0.297 e. The first-order chi connectivity index (χ1) is 12.8. The number of para-hydroxylation sites is 1. The third kappa shape index (κ3) is 2.95. The predicted octanol–water partition coefficient (Wildman–Crippen LogP) is 1.71. The molecule has 8 nitrogen and oxygen atoms in total. The van der Waals surface area contributed by atoms with Gasteiger partial charge in [-0.05, 0) is 31.3 Å². The lowest BCUT2D eigenvalue weighted by molar-refractivity contribution is 0.415. The van der Waals surface area contributed by atoms with Gasteiger partial charge in [0.25, 0.3) is 11.1 Å². The van der Waals surface area contributed by atoms with Gasteiger partial charge in [0, 0.05) is 27.4 Å². The molecule has 0 atom stereocenters. The van der Waals surface area contributed by atoms with Crippen molar-refractivity contribution in [2.45, 2.75) is 6.92 Å². The summed E-state index contributed by atoms with van der Waals surface area (Å²) >= 11 is 5.09. The Kier molecular flexibility index (Phi) is 4.71. The summed E-state index contributed by atoms with van der Waals surface area (Å²) in [5, 5.41) is 10.2. The van der Waals surface area contributed by atoms with Crippen molar-refractivity contribution in [1.82, 2.24) is 18.5 Å². The predicted molar refractivity (Wildman–Crippen MR) is 106 cm³/mol. The molecule has 0 amide bonds. The Morgan fingerprint density at radius 1 is 1.04 bits per heavy atom. The number of aliphatic imine (C=N–C) groups is 1. The second kappa shape index (κ2) is 6.84. The molecule has 2 aromatic heterocycles. The zero-order valence-electron chi connectivity index (χ0n) is 15.4. The Bertz CT molecular complexity index is 1230. The van der Waals surface area contributed by atoms with E-state index in [1.54, 1.807) is 25.7 Å². The molecule has 0 saturated carbocycles. The van der Waals surface area contributed by atoms with Gasteiger partial charge in [0.2, 0.25) is 5.88 Å². The van der Waals surface area contributed by atoms with E-state index in [1.807, 2.05) is 30.3 Å². The molecule has 0 radical (unpaired) electrons. The number of nitrogens with zero attached hydrogens (tertiary/aromatic N) is 5.